The number of pyridine rings is 2. The molecule has 0 fully saturated rings. The number of aryl methyl sites for hydroxylation is 1. The van der Waals surface area contributed by atoms with Gasteiger partial charge in [-0.2, -0.15) is 5.10 Å². The van der Waals surface area contributed by atoms with Gasteiger partial charge in [-0.15, -0.1) is 0 Å². The summed E-state index contributed by atoms with van der Waals surface area (Å²) in [5.74, 6) is -1.47. The maximum Gasteiger partial charge on any atom is 0.255 e. The number of amides is 1. The molecule has 0 bridgehead atoms. The molecule has 0 aliphatic rings. The van der Waals surface area contributed by atoms with Gasteiger partial charge in [0, 0.05) is 48.5 Å². The first-order valence-electron chi connectivity index (χ1n) is 11.8. The van der Waals surface area contributed by atoms with Gasteiger partial charge in [0.15, 0.2) is 17.5 Å². The number of fused-ring (bicyclic) bond motifs is 2. The zero-order chi connectivity index (χ0) is 26.2. The van der Waals surface area contributed by atoms with Crippen molar-refractivity contribution in [1.82, 2.24) is 30.0 Å². The third-order valence-corrected chi connectivity index (χ3v) is 6.34. The lowest BCUT2D eigenvalue weighted by Crippen LogP contribution is -2.24. The van der Waals surface area contributed by atoms with Gasteiger partial charge in [0.2, 0.25) is 0 Å². The fraction of sp³-hybridized carbons (Fsp3) is 0.0714. The summed E-state index contributed by atoms with van der Waals surface area (Å²) in [5, 5.41) is 12.4. The minimum atomic E-state index is -0.967. The molecule has 3 N–H and O–H groups in total. The van der Waals surface area contributed by atoms with Crippen molar-refractivity contribution >= 4 is 39.5 Å². The topological polar surface area (TPSA) is 101 Å². The van der Waals surface area contributed by atoms with Crippen molar-refractivity contribution in [3.05, 3.63) is 102 Å². The third kappa shape index (κ3) is 4.21. The van der Waals surface area contributed by atoms with E-state index < -0.39 is 17.5 Å². The summed E-state index contributed by atoms with van der Waals surface area (Å²) in [4.78, 5) is 24.9. The number of hydrogen-bond acceptors (Lipinski definition) is 5. The first kappa shape index (κ1) is 23.3. The second-order valence-corrected chi connectivity index (χ2v) is 8.76. The van der Waals surface area contributed by atoms with Gasteiger partial charge in [-0.3, -0.25) is 9.48 Å². The summed E-state index contributed by atoms with van der Waals surface area (Å²) in [7, 11) is 1.84. The lowest BCUT2D eigenvalue weighted by Gasteiger charge is -2.10. The largest absolute Gasteiger partial charge is 0.348 e. The molecule has 8 nitrogen and oxygen atoms in total. The Bertz CT molecular complexity index is 1830. The van der Waals surface area contributed by atoms with E-state index in [0.717, 1.165) is 45.2 Å². The number of benzene rings is 2. The molecule has 10 heteroatoms. The van der Waals surface area contributed by atoms with Gasteiger partial charge in [-0.1, -0.05) is 12.1 Å². The van der Waals surface area contributed by atoms with Crippen molar-refractivity contribution in [2.45, 2.75) is 6.54 Å². The molecule has 0 saturated heterocycles. The van der Waals surface area contributed by atoms with Gasteiger partial charge in [-0.25, -0.2) is 18.7 Å². The number of carbonyl (C=O) groups excluding carboxylic acids is 1. The number of rotatable bonds is 6. The van der Waals surface area contributed by atoms with Crippen molar-refractivity contribution in [2.75, 3.05) is 5.32 Å². The number of anilines is 2. The maximum absolute atomic E-state index is 13.5. The molecular formula is C28H21F2N7O. The maximum atomic E-state index is 13.5. The highest BCUT2D eigenvalue weighted by atomic mass is 19.2. The van der Waals surface area contributed by atoms with E-state index in [0.29, 0.717) is 17.2 Å². The van der Waals surface area contributed by atoms with Crippen LogP contribution in [0.15, 0.2) is 79.3 Å². The number of aromatic amines is 1. The van der Waals surface area contributed by atoms with Crippen LogP contribution in [0.1, 0.15) is 15.9 Å². The summed E-state index contributed by atoms with van der Waals surface area (Å²) >= 11 is 0. The van der Waals surface area contributed by atoms with Gasteiger partial charge >= 0.3 is 0 Å². The van der Waals surface area contributed by atoms with Crippen LogP contribution in [0, 0.1) is 11.6 Å². The monoisotopic (exact) mass is 509 g/mol. The number of aromatic nitrogens is 5. The van der Waals surface area contributed by atoms with Crippen LogP contribution in [0.3, 0.4) is 0 Å². The summed E-state index contributed by atoms with van der Waals surface area (Å²) < 4.78 is 28.5. The molecule has 1 amide bonds. The molecule has 6 aromatic rings. The van der Waals surface area contributed by atoms with Crippen LogP contribution in [0.4, 0.5) is 20.4 Å². The molecule has 0 aliphatic heterocycles. The average molecular weight is 510 g/mol. The number of nitrogens with zero attached hydrogens (tertiary/aromatic N) is 4. The van der Waals surface area contributed by atoms with Crippen molar-refractivity contribution < 1.29 is 13.6 Å². The normalized spacial score (nSPS) is 11.2. The zero-order valence-corrected chi connectivity index (χ0v) is 20.2. The second kappa shape index (κ2) is 9.40. The molecule has 0 atom stereocenters. The Hall–Kier alpha value is -5.12. The summed E-state index contributed by atoms with van der Waals surface area (Å²) in [6.07, 6.45) is 5.24. The van der Waals surface area contributed by atoms with Crippen LogP contribution in [0.5, 0.6) is 0 Å². The molecule has 4 heterocycles. The quantitative estimate of drug-likeness (QED) is 0.277. The van der Waals surface area contributed by atoms with E-state index in [-0.39, 0.29) is 12.1 Å². The molecule has 6 rings (SSSR count). The molecule has 0 saturated carbocycles. The minimum absolute atomic E-state index is 0.0275. The number of halogens is 2. The van der Waals surface area contributed by atoms with E-state index in [1.54, 1.807) is 29.2 Å². The smallest absolute Gasteiger partial charge is 0.255 e. The van der Waals surface area contributed by atoms with E-state index in [2.05, 4.69) is 30.7 Å². The summed E-state index contributed by atoms with van der Waals surface area (Å²) in [5.41, 5.74) is 4.42. The number of hydrogen-bond donors (Lipinski definition) is 3. The number of carbonyl (C=O) groups is 1. The SMILES string of the molecule is Cn1nc(Nc2ncccc2C(=O)NCc2ccc(F)c(F)c2)c2cc(-c3c[nH]c4ncccc34)ccc21. The van der Waals surface area contributed by atoms with E-state index in [1.807, 2.05) is 43.6 Å². The van der Waals surface area contributed by atoms with Crippen molar-refractivity contribution in [3.8, 4) is 11.1 Å². The third-order valence-electron chi connectivity index (χ3n) is 6.34. The molecule has 4 aromatic heterocycles. The van der Waals surface area contributed by atoms with E-state index in [4.69, 9.17) is 0 Å². The molecular weight excluding hydrogens is 488 g/mol. The van der Waals surface area contributed by atoms with Crippen LogP contribution in [-0.2, 0) is 13.6 Å². The van der Waals surface area contributed by atoms with Gasteiger partial charge in [0.05, 0.1) is 11.1 Å². The highest BCUT2D eigenvalue weighted by molar-refractivity contribution is 6.02. The number of nitrogens with one attached hydrogen (secondary N) is 3. The Morgan fingerprint density at radius 2 is 1.79 bits per heavy atom. The molecule has 2 aromatic carbocycles. The molecule has 0 aliphatic carbocycles. The van der Waals surface area contributed by atoms with Crippen LogP contribution >= 0.6 is 0 Å². The molecule has 0 spiro atoms. The minimum Gasteiger partial charge on any atom is -0.348 e. The van der Waals surface area contributed by atoms with Crippen LogP contribution in [0.2, 0.25) is 0 Å². The standard InChI is InChI=1S/C28H21F2N7O/c1-37-24-9-7-17(21-15-33-25-18(21)4-2-10-31-25)13-20(24)27(36-37)35-26-19(5-3-11-32-26)28(38)34-14-16-6-8-22(29)23(30)12-16/h2-13,15H,14H2,1H3,(H,31,33)(H,34,38)(H,32,35,36). The van der Waals surface area contributed by atoms with E-state index in [1.165, 1.54) is 6.07 Å². The molecule has 0 radical (unpaired) electrons. The fourth-order valence-corrected chi connectivity index (χ4v) is 4.45. The van der Waals surface area contributed by atoms with Gasteiger partial charge < -0.3 is 15.6 Å². The summed E-state index contributed by atoms with van der Waals surface area (Å²) in [6, 6.07) is 16.8. The number of H-pyrrole nitrogens is 1. The fourth-order valence-electron chi connectivity index (χ4n) is 4.45. The van der Waals surface area contributed by atoms with Gasteiger partial charge in [0.1, 0.15) is 11.5 Å². The molecule has 38 heavy (non-hydrogen) atoms. The Morgan fingerprint density at radius 3 is 2.66 bits per heavy atom. The van der Waals surface area contributed by atoms with E-state index >= 15 is 0 Å². The predicted molar refractivity (Wildman–Crippen MR) is 141 cm³/mol. The highest BCUT2D eigenvalue weighted by Gasteiger charge is 2.17. The lowest BCUT2D eigenvalue weighted by atomic mass is 10.0. The zero-order valence-electron chi connectivity index (χ0n) is 20.2. The average Bonchev–Trinajstić information content (AvgIpc) is 3.50. The lowest BCUT2D eigenvalue weighted by molar-refractivity contribution is 0.0951. The van der Waals surface area contributed by atoms with Crippen molar-refractivity contribution in [2.24, 2.45) is 7.05 Å². The predicted octanol–water partition coefficient (Wildman–Crippen LogP) is 5.46. The second-order valence-electron chi connectivity index (χ2n) is 8.76. The Balaban J connectivity index is 1.30. The van der Waals surface area contributed by atoms with Crippen molar-refractivity contribution in [3.63, 3.8) is 0 Å². The summed E-state index contributed by atoms with van der Waals surface area (Å²) in [6.45, 7) is 0.0275. The Kier molecular flexibility index (Phi) is 5.76. The first-order valence-corrected chi connectivity index (χ1v) is 11.8. The van der Waals surface area contributed by atoms with E-state index in [9.17, 15) is 13.6 Å². The molecule has 188 valence electrons. The van der Waals surface area contributed by atoms with Gasteiger partial charge in [0.25, 0.3) is 5.91 Å². The van der Waals surface area contributed by atoms with Crippen molar-refractivity contribution in [1.29, 1.82) is 0 Å². The Labute approximate surface area is 215 Å². The molecule has 0 unspecified atom stereocenters. The van der Waals surface area contributed by atoms with Crippen LogP contribution < -0.4 is 10.6 Å². The highest BCUT2D eigenvalue weighted by Crippen LogP contribution is 2.33. The first-order chi connectivity index (χ1) is 18.5. The van der Waals surface area contributed by atoms with Crippen LogP contribution in [0.25, 0.3) is 33.1 Å². The Morgan fingerprint density at radius 1 is 0.947 bits per heavy atom. The van der Waals surface area contributed by atoms with Crippen LogP contribution in [-0.4, -0.2) is 30.6 Å². The van der Waals surface area contributed by atoms with Gasteiger partial charge in [-0.05, 0) is 59.7 Å².